The Labute approximate surface area is 172 Å². The van der Waals surface area contributed by atoms with Crippen LogP contribution in [0.4, 0.5) is 5.82 Å². The lowest BCUT2D eigenvalue weighted by molar-refractivity contribution is -0.131. The van der Waals surface area contributed by atoms with Crippen molar-refractivity contribution in [2.24, 2.45) is 0 Å². The van der Waals surface area contributed by atoms with Gasteiger partial charge in [-0.05, 0) is 37.5 Å². The van der Waals surface area contributed by atoms with Crippen molar-refractivity contribution in [1.29, 1.82) is 0 Å². The van der Waals surface area contributed by atoms with Crippen molar-refractivity contribution < 1.29 is 9.53 Å². The Morgan fingerprint density at radius 3 is 2.72 bits per heavy atom. The molecule has 1 fully saturated rings. The fourth-order valence-electron chi connectivity index (χ4n) is 4.16. The Morgan fingerprint density at radius 2 is 1.97 bits per heavy atom. The molecule has 6 nitrogen and oxygen atoms in total. The standard InChI is InChI=1S/C23H30N4O2/c1-4-21-24-16(2)13-22(25-21)26-9-11-27(12-10-26)23(28)8-6-18-5-7-20-19(15-18)14-17(3)29-20/h5,7,13,15,17H,4,6,8-12,14H2,1-3H3/t17-/m0/s1. The first-order valence-corrected chi connectivity index (χ1v) is 10.7. The maximum atomic E-state index is 12.7. The van der Waals surface area contributed by atoms with Gasteiger partial charge in [-0.2, -0.15) is 0 Å². The van der Waals surface area contributed by atoms with Crippen LogP contribution in [0.2, 0.25) is 0 Å². The van der Waals surface area contributed by atoms with Gasteiger partial charge in [-0.25, -0.2) is 9.97 Å². The zero-order chi connectivity index (χ0) is 20.4. The van der Waals surface area contributed by atoms with Gasteiger partial charge in [0.15, 0.2) is 0 Å². The summed E-state index contributed by atoms with van der Waals surface area (Å²) in [6, 6.07) is 8.37. The van der Waals surface area contributed by atoms with E-state index in [0.29, 0.717) is 6.42 Å². The van der Waals surface area contributed by atoms with E-state index in [1.807, 2.05) is 24.0 Å². The van der Waals surface area contributed by atoms with E-state index >= 15 is 0 Å². The molecule has 2 aromatic rings. The topological polar surface area (TPSA) is 58.6 Å². The highest BCUT2D eigenvalue weighted by Gasteiger charge is 2.23. The van der Waals surface area contributed by atoms with Crippen molar-refractivity contribution in [3.63, 3.8) is 0 Å². The van der Waals surface area contributed by atoms with Crippen molar-refractivity contribution in [2.45, 2.75) is 52.6 Å². The quantitative estimate of drug-likeness (QED) is 0.780. The molecule has 1 aromatic heterocycles. The molecule has 0 spiro atoms. The van der Waals surface area contributed by atoms with Crippen molar-refractivity contribution in [1.82, 2.24) is 14.9 Å². The molecule has 0 N–H and O–H groups in total. The second-order valence-electron chi connectivity index (χ2n) is 8.08. The minimum Gasteiger partial charge on any atom is -0.490 e. The van der Waals surface area contributed by atoms with Crippen LogP contribution in [0, 0.1) is 6.92 Å². The largest absolute Gasteiger partial charge is 0.490 e. The summed E-state index contributed by atoms with van der Waals surface area (Å²) in [6.07, 6.45) is 3.39. The minimum absolute atomic E-state index is 0.239. The number of carbonyl (C=O) groups excluding carboxylic acids is 1. The van der Waals surface area contributed by atoms with Crippen LogP contribution in [0.15, 0.2) is 24.3 Å². The number of fused-ring (bicyclic) bond motifs is 1. The van der Waals surface area contributed by atoms with Crippen molar-refractivity contribution in [2.75, 3.05) is 31.1 Å². The Balaban J connectivity index is 1.29. The second-order valence-corrected chi connectivity index (χ2v) is 8.08. The SMILES string of the molecule is CCc1nc(C)cc(N2CCN(C(=O)CCc3ccc4c(c3)C[C@H](C)O4)CC2)n1. The summed E-state index contributed by atoms with van der Waals surface area (Å²) in [6.45, 7) is 9.31. The summed E-state index contributed by atoms with van der Waals surface area (Å²) in [5.41, 5.74) is 3.49. The Kier molecular flexibility index (Phi) is 5.69. The molecule has 0 unspecified atom stereocenters. The first-order valence-electron chi connectivity index (χ1n) is 10.7. The van der Waals surface area contributed by atoms with Gasteiger partial charge in [0.2, 0.25) is 5.91 Å². The fourth-order valence-corrected chi connectivity index (χ4v) is 4.16. The first kappa shape index (κ1) is 19.7. The summed E-state index contributed by atoms with van der Waals surface area (Å²) in [5, 5.41) is 0. The van der Waals surface area contributed by atoms with Gasteiger partial charge in [-0.15, -0.1) is 0 Å². The number of hydrogen-bond acceptors (Lipinski definition) is 5. The maximum Gasteiger partial charge on any atom is 0.223 e. The van der Waals surface area contributed by atoms with Gasteiger partial charge in [0, 0.05) is 57.2 Å². The molecule has 4 rings (SSSR count). The molecule has 0 bridgehead atoms. The average molecular weight is 395 g/mol. The zero-order valence-electron chi connectivity index (χ0n) is 17.6. The smallest absolute Gasteiger partial charge is 0.223 e. The number of hydrogen-bond donors (Lipinski definition) is 0. The lowest BCUT2D eigenvalue weighted by atomic mass is 10.0. The van der Waals surface area contributed by atoms with Gasteiger partial charge in [0.05, 0.1) is 0 Å². The van der Waals surface area contributed by atoms with Crippen LogP contribution in [0.5, 0.6) is 5.75 Å². The van der Waals surface area contributed by atoms with Crippen LogP contribution >= 0.6 is 0 Å². The molecule has 3 heterocycles. The minimum atomic E-state index is 0.239. The predicted molar refractivity (Wildman–Crippen MR) is 113 cm³/mol. The zero-order valence-corrected chi connectivity index (χ0v) is 17.6. The number of carbonyl (C=O) groups is 1. The van der Waals surface area contributed by atoms with E-state index in [1.165, 1.54) is 11.1 Å². The number of aryl methyl sites for hydroxylation is 3. The van der Waals surface area contributed by atoms with Gasteiger partial charge in [0.1, 0.15) is 23.5 Å². The summed E-state index contributed by atoms with van der Waals surface area (Å²) in [5.74, 6) is 3.10. The van der Waals surface area contributed by atoms with Crippen molar-refractivity contribution >= 4 is 11.7 Å². The summed E-state index contributed by atoms with van der Waals surface area (Å²) >= 11 is 0. The summed E-state index contributed by atoms with van der Waals surface area (Å²) < 4.78 is 5.76. The maximum absolute atomic E-state index is 12.7. The van der Waals surface area contributed by atoms with Crippen LogP contribution in [0.1, 0.15) is 42.9 Å². The van der Waals surface area contributed by atoms with Gasteiger partial charge in [-0.1, -0.05) is 19.1 Å². The Morgan fingerprint density at radius 1 is 1.17 bits per heavy atom. The third kappa shape index (κ3) is 4.52. The van der Waals surface area contributed by atoms with Gasteiger partial charge >= 0.3 is 0 Å². The van der Waals surface area contributed by atoms with Crippen molar-refractivity contribution in [3.8, 4) is 5.75 Å². The lowest BCUT2D eigenvalue weighted by Crippen LogP contribution is -2.49. The van der Waals surface area contributed by atoms with E-state index in [9.17, 15) is 4.79 Å². The third-order valence-electron chi connectivity index (χ3n) is 5.75. The number of piperazine rings is 1. The van der Waals surface area contributed by atoms with Crippen LogP contribution in [0.25, 0.3) is 0 Å². The van der Waals surface area contributed by atoms with Crippen LogP contribution < -0.4 is 9.64 Å². The third-order valence-corrected chi connectivity index (χ3v) is 5.75. The Hall–Kier alpha value is -2.63. The van der Waals surface area contributed by atoms with Crippen molar-refractivity contribution in [3.05, 3.63) is 46.9 Å². The molecule has 1 atom stereocenters. The van der Waals surface area contributed by atoms with Crippen LogP contribution in [0.3, 0.4) is 0 Å². The molecule has 0 saturated carbocycles. The van der Waals surface area contributed by atoms with E-state index in [-0.39, 0.29) is 12.0 Å². The Bertz CT molecular complexity index is 890. The van der Waals surface area contributed by atoms with E-state index in [1.54, 1.807) is 0 Å². The van der Waals surface area contributed by atoms with Gasteiger partial charge < -0.3 is 14.5 Å². The fraction of sp³-hybridized carbons (Fsp3) is 0.522. The molecule has 2 aliphatic rings. The molecule has 1 saturated heterocycles. The van der Waals surface area contributed by atoms with Crippen LogP contribution in [-0.4, -0.2) is 53.1 Å². The monoisotopic (exact) mass is 394 g/mol. The molecule has 6 heteroatoms. The van der Waals surface area contributed by atoms with E-state index in [0.717, 1.165) is 68.5 Å². The van der Waals surface area contributed by atoms with E-state index in [4.69, 9.17) is 4.74 Å². The molecule has 0 aliphatic carbocycles. The normalized spacial score (nSPS) is 18.5. The number of rotatable bonds is 5. The summed E-state index contributed by atoms with van der Waals surface area (Å²) in [4.78, 5) is 26.1. The highest BCUT2D eigenvalue weighted by molar-refractivity contribution is 5.76. The lowest BCUT2D eigenvalue weighted by Gasteiger charge is -2.35. The molecule has 1 amide bonds. The first-order chi connectivity index (χ1) is 14.0. The number of aromatic nitrogens is 2. The molecular formula is C23H30N4O2. The molecule has 2 aliphatic heterocycles. The van der Waals surface area contributed by atoms with E-state index in [2.05, 4.69) is 40.8 Å². The highest BCUT2D eigenvalue weighted by Crippen LogP contribution is 2.29. The molecule has 1 aromatic carbocycles. The number of nitrogens with zero attached hydrogens (tertiary/aromatic N) is 4. The van der Waals surface area contributed by atoms with E-state index < -0.39 is 0 Å². The van der Waals surface area contributed by atoms with Crippen LogP contribution in [-0.2, 0) is 24.1 Å². The van der Waals surface area contributed by atoms with Gasteiger partial charge in [0.25, 0.3) is 0 Å². The number of benzene rings is 1. The number of anilines is 1. The average Bonchev–Trinajstić information content (AvgIpc) is 3.10. The molecular weight excluding hydrogens is 364 g/mol. The number of ether oxygens (including phenoxy) is 1. The summed E-state index contributed by atoms with van der Waals surface area (Å²) in [7, 11) is 0. The second kappa shape index (κ2) is 8.39. The number of amides is 1. The highest BCUT2D eigenvalue weighted by atomic mass is 16.5. The van der Waals surface area contributed by atoms with Gasteiger partial charge in [-0.3, -0.25) is 4.79 Å². The molecule has 154 valence electrons. The molecule has 0 radical (unpaired) electrons. The molecule has 29 heavy (non-hydrogen) atoms. The predicted octanol–water partition coefficient (Wildman–Crippen LogP) is 2.95.